The van der Waals surface area contributed by atoms with Gasteiger partial charge in [0.15, 0.2) is 11.5 Å². The maximum Gasteiger partial charge on any atom is 0.291 e. The van der Waals surface area contributed by atoms with Gasteiger partial charge in [0.05, 0.1) is 14.2 Å². The Hall–Kier alpha value is -3.74. The van der Waals surface area contributed by atoms with E-state index in [-0.39, 0.29) is 28.7 Å². The van der Waals surface area contributed by atoms with E-state index < -0.39 is 5.91 Å². The summed E-state index contributed by atoms with van der Waals surface area (Å²) in [6.45, 7) is 5.42. The van der Waals surface area contributed by atoms with Crippen LogP contribution in [0, 0.1) is 13.8 Å². The molecule has 0 aliphatic carbocycles. The van der Waals surface area contributed by atoms with E-state index in [4.69, 9.17) is 13.9 Å². The van der Waals surface area contributed by atoms with Crippen molar-refractivity contribution in [3.63, 3.8) is 0 Å². The Balaban J connectivity index is 1.81. The van der Waals surface area contributed by atoms with Crippen LogP contribution in [0.1, 0.15) is 50.3 Å². The standard InChI is InChI=1S/C24H25NO6/c1-13-8-14(2)19(15(3)26)10-16(13)9-17-6-7-21(31-17)24(28)25-23-20(27)11-18(29-4)12-22(23)30-5/h6-8,10-12,27H,9H2,1-5H3,(H,25,28). The Morgan fingerprint density at radius 1 is 1.03 bits per heavy atom. The number of hydrogen-bond acceptors (Lipinski definition) is 6. The number of carbonyl (C=O) groups excluding carboxylic acids is 2. The third-order valence-corrected chi connectivity index (χ3v) is 5.06. The highest BCUT2D eigenvalue weighted by atomic mass is 16.5. The largest absolute Gasteiger partial charge is 0.505 e. The summed E-state index contributed by atoms with van der Waals surface area (Å²) in [5.74, 6) is 0.598. The number of Topliss-reactive ketones (excluding diaryl/α,β-unsaturated/α-hetero) is 1. The van der Waals surface area contributed by atoms with E-state index in [2.05, 4.69) is 5.32 Å². The number of nitrogens with one attached hydrogen (secondary N) is 1. The molecule has 0 radical (unpaired) electrons. The van der Waals surface area contributed by atoms with Crippen molar-refractivity contribution in [1.82, 2.24) is 0 Å². The van der Waals surface area contributed by atoms with Gasteiger partial charge in [-0.2, -0.15) is 0 Å². The number of benzene rings is 2. The second-order valence-electron chi connectivity index (χ2n) is 7.27. The first kappa shape index (κ1) is 22.0. The number of phenols is 1. The van der Waals surface area contributed by atoms with Crippen LogP contribution >= 0.6 is 0 Å². The number of amides is 1. The Bertz CT molecular complexity index is 1150. The molecule has 3 rings (SSSR count). The highest BCUT2D eigenvalue weighted by Crippen LogP contribution is 2.38. The predicted octanol–water partition coefficient (Wildman–Crippen LogP) is 4.66. The van der Waals surface area contributed by atoms with Crippen LogP contribution in [0.15, 0.2) is 40.8 Å². The molecule has 2 N–H and O–H groups in total. The minimum Gasteiger partial charge on any atom is -0.505 e. The molecule has 2 aromatic carbocycles. The van der Waals surface area contributed by atoms with Crippen LogP contribution in [0.3, 0.4) is 0 Å². The van der Waals surface area contributed by atoms with E-state index in [0.29, 0.717) is 23.5 Å². The van der Waals surface area contributed by atoms with Crippen molar-refractivity contribution in [3.8, 4) is 17.2 Å². The quantitative estimate of drug-likeness (QED) is 0.423. The number of furan rings is 1. The molecule has 1 heterocycles. The predicted molar refractivity (Wildman–Crippen MR) is 117 cm³/mol. The van der Waals surface area contributed by atoms with Gasteiger partial charge in [0.25, 0.3) is 5.91 Å². The summed E-state index contributed by atoms with van der Waals surface area (Å²) < 4.78 is 16.0. The van der Waals surface area contributed by atoms with Crippen LogP contribution in [0.2, 0.25) is 0 Å². The number of aromatic hydroxyl groups is 1. The highest BCUT2D eigenvalue weighted by Gasteiger charge is 2.19. The van der Waals surface area contributed by atoms with Crippen LogP contribution < -0.4 is 14.8 Å². The van der Waals surface area contributed by atoms with Crippen molar-refractivity contribution < 1.29 is 28.6 Å². The van der Waals surface area contributed by atoms with Gasteiger partial charge in [-0.05, 0) is 55.7 Å². The fourth-order valence-electron chi connectivity index (χ4n) is 3.41. The summed E-state index contributed by atoms with van der Waals surface area (Å²) in [5.41, 5.74) is 3.71. The fourth-order valence-corrected chi connectivity index (χ4v) is 3.41. The smallest absolute Gasteiger partial charge is 0.291 e. The Labute approximate surface area is 180 Å². The third kappa shape index (κ3) is 4.71. The molecule has 0 spiro atoms. The summed E-state index contributed by atoms with van der Waals surface area (Å²) in [5, 5.41) is 12.8. The second-order valence-corrected chi connectivity index (χ2v) is 7.27. The van der Waals surface area contributed by atoms with Crippen molar-refractivity contribution in [1.29, 1.82) is 0 Å². The number of phenolic OH excluding ortho intramolecular Hbond substituents is 1. The van der Waals surface area contributed by atoms with Gasteiger partial charge in [-0.25, -0.2) is 0 Å². The number of anilines is 1. The zero-order valence-corrected chi connectivity index (χ0v) is 18.2. The number of aryl methyl sites for hydroxylation is 2. The maximum atomic E-state index is 12.7. The van der Waals surface area contributed by atoms with Crippen molar-refractivity contribution >= 4 is 17.4 Å². The first-order valence-electron chi connectivity index (χ1n) is 9.69. The van der Waals surface area contributed by atoms with Gasteiger partial charge < -0.3 is 24.3 Å². The van der Waals surface area contributed by atoms with E-state index in [9.17, 15) is 14.7 Å². The molecule has 0 atom stereocenters. The molecular formula is C24H25NO6. The lowest BCUT2D eigenvalue weighted by Crippen LogP contribution is -2.12. The Kier molecular flexibility index (Phi) is 6.34. The molecule has 0 aliphatic heterocycles. The first-order valence-corrected chi connectivity index (χ1v) is 9.69. The lowest BCUT2D eigenvalue weighted by molar-refractivity contribution is 0.0991. The number of carbonyl (C=O) groups is 2. The number of ether oxygens (including phenoxy) is 2. The van der Waals surface area contributed by atoms with Crippen LogP contribution in [-0.4, -0.2) is 31.0 Å². The molecule has 31 heavy (non-hydrogen) atoms. The molecule has 0 saturated heterocycles. The zero-order chi connectivity index (χ0) is 22.7. The summed E-state index contributed by atoms with van der Waals surface area (Å²) in [6, 6.07) is 10.0. The average molecular weight is 423 g/mol. The van der Waals surface area contributed by atoms with E-state index >= 15 is 0 Å². The van der Waals surface area contributed by atoms with E-state index in [1.54, 1.807) is 25.1 Å². The minimum absolute atomic E-state index is 0.00603. The molecule has 1 aromatic heterocycles. The van der Waals surface area contributed by atoms with Gasteiger partial charge in [0, 0.05) is 24.1 Å². The molecule has 7 nitrogen and oxygen atoms in total. The van der Waals surface area contributed by atoms with Crippen LogP contribution in [-0.2, 0) is 6.42 Å². The highest BCUT2D eigenvalue weighted by molar-refractivity contribution is 6.04. The fraction of sp³-hybridized carbons (Fsp3) is 0.250. The molecule has 0 aliphatic rings. The molecule has 0 bridgehead atoms. The van der Waals surface area contributed by atoms with Crippen LogP contribution in [0.4, 0.5) is 5.69 Å². The molecule has 0 fully saturated rings. The molecule has 0 saturated carbocycles. The monoisotopic (exact) mass is 423 g/mol. The number of rotatable bonds is 7. The zero-order valence-electron chi connectivity index (χ0n) is 18.2. The number of hydrogen-bond donors (Lipinski definition) is 2. The summed E-state index contributed by atoms with van der Waals surface area (Å²) in [7, 11) is 2.89. The Morgan fingerprint density at radius 2 is 1.77 bits per heavy atom. The first-order chi connectivity index (χ1) is 14.7. The summed E-state index contributed by atoms with van der Waals surface area (Å²) in [4.78, 5) is 24.5. The van der Waals surface area contributed by atoms with Crippen molar-refractivity contribution in [2.45, 2.75) is 27.2 Å². The van der Waals surface area contributed by atoms with E-state index in [1.807, 2.05) is 26.0 Å². The van der Waals surface area contributed by atoms with Crippen molar-refractivity contribution in [2.75, 3.05) is 19.5 Å². The van der Waals surface area contributed by atoms with Crippen LogP contribution in [0.5, 0.6) is 17.2 Å². The lowest BCUT2D eigenvalue weighted by Gasteiger charge is -2.13. The third-order valence-electron chi connectivity index (χ3n) is 5.06. The van der Waals surface area contributed by atoms with E-state index in [0.717, 1.165) is 16.7 Å². The Morgan fingerprint density at radius 3 is 2.42 bits per heavy atom. The minimum atomic E-state index is -0.532. The topological polar surface area (TPSA) is 98.0 Å². The molecule has 162 valence electrons. The van der Waals surface area contributed by atoms with Crippen molar-refractivity contribution in [3.05, 3.63) is 70.2 Å². The van der Waals surface area contributed by atoms with Gasteiger partial charge in [0.1, 0.15) is 28.7 Å². The molecule has 0 unspecified atom stereocenters. The van der Waals surface area contributed by atoms with Gasteiger partial charge in [0.2, 0.25) is 0 Å². The van der Waals surface area contributed by atoms with Crippen molar-refractivity contribution in [2.24, 2.45) is 0 Å². The van der Waals surface area contributed by atoms with Gasteiger partial charge in [-0.3, -0.25) is 9.59 Å². The lowest BCUT2D eigenvalue weighted by atomic mass is 9.95. The van der Waals surface area contributed by atoms with E-state index in [1.165, 1.54) is 20.3 Å². The number of methoxy groups -OCH3 is 2. The van der Waals surface area contributed by atoms with Gasteiger partial charge >= 0.3 is 0 Å². The molecular weight excluding hydrogens is 398 g/mol. The average Bonchev–Trinajstić information content (AvgIpc) is 3.19. The molecule has 7 heteroatoms. The maximum absolute atomic E-state index is 12.7. The summed E-state index contributed by atoms with van der Waals surface area (Å²) >= 11 is 0. The number of ketones is 1. The molecule has 3 aromatic rings. The molecule has 1 amide bonds. The van der Waals surface area contributed by atoms with Gasteiger partial charge in [-0.15, -0.1) is 0 Å². The van der Waals surface area contributed by atoms with Crippen LogP contribution in [0.25, 0.3) is 0 Å². The second kappa shape index (κ2) is 8.95. The normalized spacial score (nSPS) is 10.6. The summed E-state index contributed by atoms with van der Waals surface area (Å²) in [6.07, 6.45) is 0.441. The SMILES string of the molecule is COc1cc(O)c(NC(=O)c2ccc(Cc3cc(C(C)=O)c(C)cc3C)o2)c(OC)c1. The van der Waals surface area contributed by atoms with Gasteiger partial charge in [-0.1, -0.05) is 6.07 Å².